The molecule has 0 saturated carbocycles. The Bertz CT molecular complexity index is 1050. The Morgan fingerprint density at radius 1 is 1.00 bits per heavy atom. The standard InChI is InChI=1S/C26H26N4O/c27-18-24-7-4-14-28-26(24)30-15-12-21(13-16-30)19-29-25(31)17-20-8-10-23(11-9-20)22-5-2-1-3-6-22/h1-11,14,21H,12-13,15-17,19H2,(H,29,31). The van der Waals surface area contributed by atoms with Gasteiger partial charge in [-0.1, -0.05) is 54.6 Å². The number of piperidine rings is 1. The van der Waals surface area contributed by atoms with Gasteiger partial charge in [0.25, 0.3) is 0 Å². The molecule has 0 aliphatic carbocycles. The van der Waals surface area contributed by atoms with E-state index < -0.39 is 0 Å². The van der Waals surface area contributed by atoms with Gasteiger partial charge in [0.15, 0.2) is 0 Å². The van der Waals surface area contributed by atoms with Gasteiger partial charge in [-0.2, -0.15) is 5.26 Å². The van der Waals surface area contributed by atoms with Gasteiger partial charge in [0, 0.05) is 25.8 Å². The third-order valence-corrected chi connectivity index (χ3v) is 5.83. The van der Waals surface area contributed by atoms with E-state index in [0.717, 1.165) is 42.9 Å². The second kappa shape index (κ2) is 9.90. The van der Waals surface area contributed by atoms with Crippen molar-refractivity contribution in [1.29, 1.82) is 5.26 Å². The molecule has 1 aliphatic rings. The van der Waals surface area contributed by atoms with Gasteiger partial charge in [0.1, 0.15) is 11.9 Å². The maximum Gasteiger partial charge on any atom is 0.224 e. The second-order valence-electron chi connectivity index (χ2n) is 7.96. The predicted octanol–water partition coefficient (Wildman–Crippen LogP) is 4.20. The van der Waals surface area contributed by atoms with Gasteiger partial charge in [0.05, 0.1) is 12.0 Å². The third kappa shape index (κ3) is 5.29. The number of hydrogen-bond acceptors (Lipinski definition) is 4. The highest BCUT2D eigenvalue weighted by Crippen LogP contribution is 2.24. The minimum absolute atomic E-state index is 0.0615. The van der Waals surface area contributed by atoms with Crippen LogP contribution in [0.25, 0.3) is 11.1 Å². The first-order chi connectivity index (χ1) is 15.2. The largest absolute Gasteiger partial charge is 0.356 e. The average Bonchev–Trinajstić information content (AvgIpc) is 2.84. The highest BCUT2D eigenvalue weighted by molar-refractivity contribution is 5.78. The van der Waals surface area contributed by atoms with Crippen molar-refractivity contribution >= 4 is 11.7 Å². The van der Waals surface area contributed by atoms with Crippen LogP contribution in [0.4, 0.5) is 5.82 Å². The van der Waals surface area contributed by atoms with Crippen molar-refractivity contribution in [3.05, 3.63) is 84.1 Å². The minimum atomic E-state index is 0.0615. The molecular weight excluding hydrogens is 384 g/mol. The molecule has 0 unspecified atom stereocenters. The summed E-state index contributed by atoms with van der Waals surface area (Å²) >= 11 is 0. The molecule has 156 valence electrons. The molecule has 1 N–H and O–H groups in total. The number of hydrogen-bond donors (Lipinski definition) is 1. The Hall–Kier alpha value is -3.65. The summed E-state index contributed by atoms with van der Waals surface area (Å²) in [5.41, 5.74) is 3.97. The summed E-state index contributed by atoms with van der Waals surface area (Å²) in [7, 11) is 0. The van der Waals surface area contributed by atoms with Gasteiger partial charge in [-0.3, -0.25) is 4.79 Å². The summed E-state index contributed by atoms with van der Waals surface area (Å²) < 4.78 is 0. The number of nitrogens with zero attached hydrogens (tertiary/aromatic N) is 3. The van der Waals surface area contributed by atoms with Crippen molar-refractivity contribution in [1.82, 2.24) is 10.3 Å². The van der Waals surface area contributed by atoms with Crippen LogP contribution < -0.4 is 10.2 Å². The highest BCUT2D eigenvalue weighted by Gasteiger charge is 2.22. The summed E-state index contributed by atoms with van der Waals surface area (Å²) in [5.74, 6) is 1.28. The lowest BCUT2D eigenvalue weighted by atomic mass is 9.96. The Morgan fingerprint density at radius 2 is 1.71 bits per heavy atom. The fourth-order valence-corrected chi connectivity index (χ4v) is 4.04. The van der Waals surface area contributed by atoms with Gasteiger partial charge < -0.3 is 10.2 Å². The minimum Gasteiger partial charge on any atom is -0.356 e. The fraction of sp³-hybridized carbons (Fsp3) is 0.269. The molecule has 0 spiro atoms. The van der Waals surface area contributed by atoms with E-state index in [9.17, 15) is 10.1 Å². The first-order valence-electron chi connectivity index (χ1n) is 10.7. The molecule has 0 radical (unpaired) electrons. The molecule has 1 saturated heterocycles. The maximum atomic E-state index is 12.4. The number of rotatable bonds is 6. The van der Waals surface area contributed by atoms with Gasteiger partial charge >= 0.3 is 0 Å². The third-order valence-electron chi connectivity index (χ3n) is 5.83. The lowest BCUT2D eigenvalue weighted by Crippen LogP contribution is -2.39. The van der Waals surface area contributed by atoms with Crippen molar-refractivity contribution in [3.8, 4) is 17.2 Å². The Labute approximate surface area is 183 Å². The van der Waals surface area contributed by atoms with E-state index in [1.165, 1.54) is 5.56 Å². The normalized spacial score (nSPS) is 14.1. The monoisotopic (exact) mass is 410 g/mol. The van der Waals surface area contributed by atoms with Crippen LogP contribution in [0.2, 0.25) is 0 Å². The summed E-state index contributed by atoms with van der Waals surface area (Å²) in [4.78, 5) is 19.0. The SMILES string of the molecule is N#Cc1cccnc1N1CCC(CNC(=O)Cc2ccc(-c3ccccc3)cc2)CC1. The van der Waals surface area contributed by atoms with Crippen LogP contribution in [0, 0.1) is 17.2 Å². The Morgan fingerprint density at radius 3 is 2.42 bits per heavy atom. The number of nitrogens with one attached hydrogen (secondary N) is 1. The van der Waals surface area contributed by atoms with Crippen LogP contribution in [0.3, 0.4) is 0 Å². The van der Waals surface area contributed by atoms with Crippen LogP contribution >= 0.6 is 0 Å². The molecular formula is C26H26N4O. The van der Waals surface area contributed by atoms with E-state index in [2.05, 4.69) is 45.5 Å². The number of amides is 1. The van der Waals surface area contributed by atoms with E-state index in [1.54, 1.807) is 18.3 Å². The zero-order valence-corrected chi connectivity index (χ0v) is 17.5. The van der Waals surface area contributed by atoms with Gasteiger partial charge in [0.2, 0.25) is 5.91 Å². The van der Waals surface area contributed by atoms with Crippen molar-refractivity contribution in [2.24, 2.45) is 5.92 Å². The molecule has 4 rings (SSSR count). The molecule has 31 heavy (non-hydrogen) atoms. The van der Waals surface area contributed by atoms with Crippen molar-refractivity contribution in [3.63, 3.8) is 0 Å². The van der Waals surface area contributed by atoms with E-state index in [-0.39, 0.29) is 5.91 Å². The first-order valence-corrected chi connectivity index (χ1v) is 10.7. The van der Waals surface area contributed by atoms with Crippen LogP contribution in [-0.4, -0.2) is 30.5 Å². The van der Waals surface area contributed by atoms with E-state index >= 15 is 0 Å². The number of anilines is 1. The number of nitriles is 1. The first kappa shape index (κ1) is 20.6. The summed E-state index contributed by atoms with van der Waals surface area (Å²) in [6.07, 6.45) is 4.09. The van der Waals surface area contributed by atoms with Crippen molar-refractivity contribution in [2.45, 2.75) is 19.3 Å². The number of carbonyl (C=O) groups excluding carboxylic acids is 1. The summed E-state index contributed by atoms with van der Waals surface area (Å²) in [6, 6.07) is 24.2. The van der Waals surface area contributed by atoms with Crippen molar-refractivity contribution in [2.75, 3.05) is 24.5 Å². The number of pyridine rings is 1. The number of benzene rings is 2. The quantitative estimate of drug-likeness (QED) is 0.661. The molecule has 1 amide bonds. The van der Waals surface area contributed by atoms with E-state index in [4.69, 9.17) is 0 Å². The summed E-state index contributed by atoms with van der Waals surface area (Å²) in [5, 5.41) is 12.4. The molecule has 1 fully saturated rings. The summed E-state index contributed by atoms with van der Waals surface area (Å²) in [6.45, 7) is 2.41. The van der Waals surface area contributed by atoms with E-state index in [0.29, 0.717) is 24.4 Å². The predicted molar refractivity (Wildman–Crippen MR) is 122 cm³/mol. The Kier molecular flexibility index (Phi) is 6.59. The van der Waals surface area contributed by atoms with E-state index in [1.807, 2.05) is 30.3 Å². The molecule has 1 aliphatic heterocycles. The molecule has 2 heterocycles. The van der Waals surface area contributed by atoms with Crippen LogP contribution in [0.15, 0.2) is 72.9 Å². The van der Waals surface area contributed by atoms with Gasteiger partial charge in [-0.25, -0.2) is 4.98 Å². The molecule has 0 atom stereocenters. The highest BCUT2D eigenvalue weighted by atomic mass is 16.1. The Balaban J connectivity index is 1.23. The average molecular weight is 411 g/mol. The molecule has 1 aromatic heterocycles. The molecule has 5 heteroatoms. The molecule has 0 bridgehead atoms. The van der Waals surface area contributed by atoms with Crippen LogP contribution in [0.5, 0.6) is 0 Å². The smallest absolute Gasteiger partial charge is 0.224 e. The molecule has 3 aromatic rings. The molecule has 2 aromatic carbocycles. The van der Waals surface area contributed by atoms with Gasteiger partial charge in [-0.15, -0.1) is 0 Å². The number of carbonyl (C=O) groups is 1. The fourth-order valence-electron chi connectivity index (χ4n) is 4.04. The maximum absolute atomic E-state index is 12.4. The van der Waals surface area contributed by atoms with Crippen LogP contribution in [-0.2, 0) is 11.2 Å². The van der Waals surface area contributed by atoms with Crippen LogP contribution in [0.1, 0.15) is 24.0 Å². The topological polar surface area (TPSA) is 69.0 Å². The molecule has 5 nitrogen and oxygen atoms in total. The van der Waals surface area contributed by atoms with Gasteiger partial charge in [-0.05, 0) is 47.6 Å². The zero-order valence-electron chi connectivity index (χ0n) is 17.5. The number of aromatic nitrogens is 1. The second-order valence-corrected chi connectivity index (χ2v) is 7.96. The zero-order chi connectivity index (χ0) is 21.5. The lowest BCUT2D eigenvalue weighted by molar-refractivity contribution is -0.120. The lowest BCUT2D eigenvalue weighted by Gasteiger charge is -2.33. The van der Waals surface area contributed by atoms with Crippen molar-refractivity contribution < 1.29 is 4.79 Å².